The van der Waals surface area contributed by atoms with Gasteiger partial charge in [0.15, 0.2) is 11.4 Å². The summed E-state index contributed by atoms with van der Waals surface area (Å²) in [5, 5.41) is 2.54. The maximum absolute atomic E-state index is 12.7. The van der Waals surface area contributed by atoms with Crippen LogP contribution in [0.4, 0.5) is 0 Å². The van der Waals surface area contributed by atoms with Gasteiger partial charge >= 0.3 is 5.97 Å². The molecule has 0 unspecified atom stereocenters. The van der Waals surface area contributed by atoms with Gasteiger partial charge in [-0.1, -0.05) is 60.7 Å². The van der Waals surface area contributed by atoms with Gasteiger partial charge in [0, 0.05) is 6.07 Å². The SMILES string of the molecule is CC(C)(C)OC(=O)CNC(=O)c1ncc(OCc2ccccc2)cc1OCc1ccccc1. The molecule has 1 heterocycles. The van der Waals surface area contributed by atoms with Crippen LogP contribution in [0.2, 0.25) is 0 Å². The van der Waals surface area contributed by atoms with Gasteiger partial charge < -0.3 is 19.5 Å². The Morgan fingerprint density at radius 3 is 2.03 bits per heavy atom. The van der Waals surface area contributed by atoms with Gasteiger partial charge in [-0.25, -0.2) is 4.98 Å². The zero-order chi connectivity index (χ0) is 23.7. The van der Waals surface area contributed by atoms with Gasteiger partial charge in [0.2, 0.25) is 0 Å². The number of benzene rings is 2. The number of nitrogens with zero attached hydrogens (tertiary/aromatic N) is 1. The quantitative estimate of drug-likeness (QED) is 0.491. The molecule has 3 rings (SSSR count). The minimum atomic E-state index is -0.637. The molecule has 1 N–H and O–H groups in total. The number of ether oxygens (including phenoxy) is 3. The number of esters is 1. The first kappa shape index (κ1) is 23.8. The molecular formula is C26H28N2O5. The van der Waals surface area contributed by atoms with Crippen molar-refractivity contribution in [3.05, 3.63) is 89.7 Å². The molecule has 0 bridgehead atoms. The third-order valence-corrected chi connectivity index (χ3v) is 4.34. The second kappa shape index (κ2) is 11.1. The molecule has 0 saturated carbocycles. The lowest BCUT2D eigenvalue weighted by molar-refractivity contribution is -0.153. The van der Waals surface area contributed by atoms with E-state index in [0.717, 1.165) is 11.1 Å². The van der Waals surface area contributed by atoms with E-state index < -0.39 is 17.5 Å². The molecule has 172 valence electrons. The standard InChI is InChI=1S/C26H28N2O5/c1-26(2,3)33-23(29)16-28-25(30)24-22(32-18-20-12-8-5-9-13-20)14-21(15-27-24)31-17-19-10-6-4-7-11-19/h4-15H,16-18H2,1-3H3,(H,28,30). The third-order valence-electron chi connectivity index (χ3n) is 4.34. The second-order valence-electron chi connectivity index (χ2n) is 8.34. The fraction of sp³-hybridized carbons (Fsp3) is 0.269. The predicted octanol–water partition coefficient (Wildman–Crippen LogP) is 4.31. The molecule has 0 fully saturated rings. The molecule has 0 spiro atoms. The molecule has 1 aromatic heterocycles. The monoisotopic (exact) mass is 448 g/mol. The van der Waals surface area contributed by atoms with Crippen LogP contribution in [0.5, 0.6) is 11.5 Å². The summed E-state index contributed by atoms with van der Waals surface area (Å²) >= 11 is 0. The Hall–Kier alpha value is -3.87. The molecule has 33 heavy (non-hydrogen) atoms. The number of carbonyl (C=O) groups is 2. The first-order valence-electron chi connectivity index (χ1n) is 10.6. The molecule has 0 atom stereocenters. The molecule has 1 amide bonds. The van der Waals surface area contributed by atoms with Crippen molar-refractivity contribution in [2.75, 3.05) is 6.54 Å². The van der Waals surface area contributed by atoms with E-state index in [-0.39, 0.29) is 24.6 Å². The molecule has 0 radical (unpaired) electrons. The van der Waals surface area contributed by atoms with E-state index in [1.807, 2.05) is 60.7 Å². The Morgan fingerprint density at radius 2 is 1.45 bits per heavy atom. The lowest BCUT2D eigenvalue weighted by Crippen LogP contribution is -2.35. The third kappa shape index (κ3) is 7.96. The number of rotatable bonds is 9. The zero-order valence-corrected chi connectivity index (χ0v) is 19.0. The van der Waals surface area contributed by atoms with Gasteiger partial charge in [-0.3, -0.25) is 9.59 Å². The van der Waals surface area contributed by atoms with E-state index in [0.29, 0.717) is 12.4 Å². The van der Waals surface area contributed by atoms with E-state index in [1.54, 1.807) is 26.8 Å². The van der Waals surface area contributed by atoms with Crippen LogP contribution in [0.1, 0.15) is 42.4 Å². The first-order chi connectivity index (χ1) is 15.8. The van der Waals surface area contributed by atoms with Crippen LogP contribution in [0.25, 0.3) is 0 Å². The smallest absolute Gasteiger partial charge is 0.325 e. The van der Waals surface area contributed by atoms with Crippen molar-refractivity contribution >= 4 is 11.9 Å². The van der Waals surface area contributed by atoms with Crippen molar-refractivity contribution in [3.63, 3.8) is 0 Å². The van der Waals surface area contributed by atoms with Crippen LogP contribution in [-0.2, 0) is 22.7 Å². The normalized spacial score (nSPS) is 10.9. The first-order valence-corrected chi connectivity index (χ1v) is 10.6. The fourth-order valence-corrected chi connectivity index (χ4v) is 2.88. The Kier molecular flexibility index (Phi) is 8.02. The number of hydrogen-bond donors (Lipinski definition) is 1. The zero-order valence-electron chi connectivity index (χ0n) is 19.0. The van der Waals surface area contributed by atoms with E-state index in [2.05, 4.69) is 10.3 Å². The Balaban J connectivity index is 1.72. The minimum absolute atomic E-state index is 0.0570. The molecule has 0 aliphatic carbocycles. The van der Waals surface area contributed by atoms with E-state index in [4.69, 9.17) is 14.2 Å². The highest BCUT2D eigenvalue weighted by atomic mass is 16.6. The Labute approximate surface area is 193 Å². The van der Waals surface area contributed by atoms with Crippen LogP contribution >= 0.6 is 0 Å². The van der Waals surface area contributed by atoms with Crippen LogP contribution in [0.3, 0.4) is 0 Å². The molecule has 7 heteroatoms. The maximum atomic E-state index is 12.7. The number of aromatic nitrogens is 1. The predicted molar refractivity (Wildman–Crippen MR) is 124 cm³/mol. The van der Waals surface area contributed by atoms with Crippen LogP contribution < -0.4 is 14.8 Å². The lowest BCUT2D eigenvalue weighted by atomic mass is 10.2. The topological polar surface area (TPSA) is 86.8 Å². The van der Waals surface area contributed by atoms with E-state index >= 15 is 0 Å². The highest BCUT2D eigenvalue weighted by Crippen LogP contribution is 2.24. The second-order valence-corrected chi connectivity index (χ2v) is 8.34. The minimum Gasteiger partial charge on any atom is -0.487 e. The number of carbonyl (C=O) groups excluding carboxylic acids is 2. The molecule has 0 saturated heterocycles. The van der Waals surface area contributed by atoms with Crippen LogP contribution in [-0.4, -0.2) is 29.0 Å². The van der Waals surface area contributed by atoms with Crippen LogP contribution in [0, 0.1) is 0 Å². The summed E-state index contributed by atoms with van der Waals surface area (Å²) in [6.45, 7) is 5.61. The molecule has 3 aromatic rings. The van der Waals surface area contributed by atoms with Gasteiger partial charge in [-0.05, 0) is 31.9 Å². The number of amides is 1. The number of hydrogen-bond acceptors (Lipinski definition) is 6. The van der Waals surface area contributed by atoms with Gasteiger partial charge in [-0.2, -0.15) is 0 Å². The average Bonchev–Trinajstić information content (AvgIpc) is 2.80. The largest absolute Gasteiger partial charge is 0.487 e. The number of nitrogens with one attached hydrogen (secondary N) is 1. The Bertz CT molecular complexity index is 1060. The highest BCUT2D eigenvalue weighted by molar-refractivity contribution is 5.96. The number of pyridine rings is 1. The van der Waals surface area contributed by atoms with E-state index in [9.17, 15) is 9.59 Å². The van der Waals surface area contributed by atoms with Gasteiger partial charge in [0.1, 0.15) is 31.1 Å². The van der Waals surface area contributed by atoms with E-state index in [1.165, 1.54) is 6.20 Å². The molecular weight excluding hydrogens is 420 g/mol. The molecule has 0 aliphatic heterocycles. The van der Waals surface area contributed by atoms with Crippen molar-refractivity contribution in [1.29, 1.82) is 0 Å². The lowest BCUT2D eigenvalue weighted by Gasteiger charge is -2.19. The molecule has 0 aliphatic rings. The summed E-state index contributed by atoms with van der Waals surface area (Å²) in [4.78, 5) is 28.9. The van der Waals surface area contributed by atoms with Crippen molar-refractivity contribution in [3.8, 4) is 11.5 Å². The van der Waals surface area contributed by atoms with Gasteiger partial charge in [-0.15, -0.1) is 0 Å². The summed E-state index contributed by atoms with van der Waals surface area (Å²) < 4.78 is 17.0. The summed E-state index contributed by atoms with van der Waals surface area (Å²) in [7, 11) is 0. The highest BCUT2D eigenvalue weighted by Gasteiger charge is 2.20. The molecule has 2 aromatic carbocycles. The molecule has 7 nitrogen and oxygen atoms in total. The van der Waals surface area contributed by atoms with Gasteiger partial charge in [0.25, 0.3) is 5.91 Å². The summed E-state index contributed by atoms with van der Waals surface area (Å²) in [6.07, 6.45) is 1.46. The summed E-state index contributed by atoms with van der Waals surface area (Å²) in [5.74, 6) is -0.361. The summed E-state index contributed by atoms with van der Waals surface area (Å²) in [6, 6.07) is 20.9. The average molecular weight is 449 g/mol. The fourth-order valence-electron chi connectivity index (χ4n) is 2.88. The van der Waals surface area contributed by atoms with Gasteiger partial charge in [0.05, 0.1) is 6.20 Å². The summed E-state index contributed by atoms with van der Waals surface area (Å²) in [5.41, 5.74) is 1.36. The maximum Gasteiger partial charge on any atom is 0.325 e. The van der Waals surface area contributed by atoms with Crippen LogP contribution in [0.15, 0.2) is 72.9 Å². The van der Waals surface area contributed by atoms with Crippen molar-refractivity contribution in [2.45, 2.75) is 39.6 Å². The van der Waals surface area contributed by atoms with Crippen molar-refractivity contribution in [1.82, 2.24) is 10.3 Å². The van der Waals surface area contributed by atoms with Crippen molar-refractivity contribution in [2.24, 2.45) is 0 Å². The Morgan fingerprint density at radius 1 is 0.879 bits per heavy atom. The van der Waals surface area contributed by atoms with Crippen molar-refractivity contribution < 1.29 is 23.8 Å².